The highest BCUT2D eigenvalue weighted by molar-refractivity contribution is 6.34. The molecule has 0 heterocycles. The first-order valence-corrected chi connectivity index (χ1v) is 8.29. The first-order valence-electron chi connectivity index (χ1n) is 7.54. The fourth-order valence-corrected chi connectivity index (χ4v) is 2.56. The van der Waals surface area contributed by atoms with Gasteiger partial charge < -0.3 is 15.4 Å². The minimum Gasteiger partial charge on any atom is -0.465 e. The summed E-state index contributed by atoms with van der Waals surface area (Å²) in [5.41, 5.74) is 1.79. The molecule has 0 saturated heterocycles. The second-order valence-electron chi connectivity index (χ2n) is 5.42. The number of esters is 1. The van der Waals surface area contributed by atoms with Crippen LogP contribution in [-0.2, 0) is 14.3 Å². The van der Waals surface area contributed by atoms with E-state index in [1.165, 1.54) is 25.3 Å². The van der Waals surface area contributed by atoms with E-state index in [1.54, 1.807) is 25.1 Å². The van der Waals surface area contributed by atoms with Crippen molar-refractivity contribution >= 4 is 52.4 Å². The molecule has 0 bridgehead atoms. The molecule has 0 unspecified atom stereocenters. The maximum absolute atomic E-state index is 12.1. The lowest BCUT2D eigenvalue weighted by molar-refractivity contribution is -0.123. The Bertz CT molecular complexity index is 868. The predicted octanol–water partition coefficient (Wildman–Crippen LogP) is 4.06. The molecule has 0 saturated carbocycles. The Balaban J connectivity index is 2.02. The van der Waals surface area contributed by atoms with Gasteiger partial charge in [-0.3, -0.25) is 9.59 Å². The van der Waals surface area contributed by atoms with Crippen LogP contribution in [-0.4, -0.2) is 24.9 Å². The molecule has 0 fully saturated rings. The first kappa shape index (κ1) is 19.8. The first-order chi connectivity index (χ1) is 12.3. The van der Waals surface area contributed by atoms with Crippen molar-refractivity contribution in [2.75, 3.05) is 17.7 Å². The highest BCUT2D eigenvalue weighted by atomic mass is 35.5. The van der Waals surface area contributed by atoms with Crippen molar-refractivity contribution in [2.24, 2.45) is 0 Å². The van der Waals surface area contributed by atoms with Crippen LogP contribution in [0.25, 0.3) is 0 Å². The van der Waals surface area contributed by atoms with Crippen LogP contribution in [0.3, 0.4) is 0 Å². The second-order valence-corrected chi connectivity index (χ2v) is 6.26. The van der Waals surface area contributed by atoms with Crippen molar-refractivity contribution in [1.82, 2.24) is 0 Å². The van der Waals surface area contributed by atoms with Gasteiger partial charge in [0.1, 0.15) is 6.42 Å². The molecule has 0 aromatic heterocycles. The van der Waals surface area contributed by atoms with E-state index < -0.39 is 24.2 Å². The zero-order chi connectivity index (χ0) is 19.3. The van der Waals surface area contributed by atoms with Gasteiger partial charge in [0.25, 0.3) is 0 Å². The van der Waals surface area contributed by atoms with Crippen LogP contribution in [0.15, 0.2) is 36.4 Å². The van der Waals surface area contributed by atoms with Crippen molar-refractivity contribution < 1.29 is 19.1 Å². The topological polar surface area (TPSA) is 84.5 Å². The Morgan fingerprint density at radius 1 is 0.962 bits per heavy atom. The summed E-state index contributed by atoms with van der Waals surface area (Å²) in [6, 6.07) is 9.32. The molecule has 0 atom stereocenters. The quantitative estimate of drug-likeness (QED) is 0.591. The third-order valence-electron chi connectivity index (χ3n) is 3.45. The van der Waals surface area contributed by atoms with Crippen LogP contribution >= 0.6 is 23.2 Å². The normalized spacial score (nSPS) is 10.2. The summed E-state index contributed by atoms with van der Waals surface area (Å²) >= 11 is 11.9. The highest BCUT2D eigenvalue weighted by Crippen LogP contribution is 2.24. The molecule has 0 aliphatic rings. The number of anilines is 2. The van der Waals surface area contributed by atoms with Gasteiger partial charge in [-0.15, -0.1) is 0 Å². The number of amides is 2. The molecule has 2 rings (SSSR count). The van der Waals surface area contributed by atoms with Crippen molar-refractivity contribution in [3.63, 3.8) is 0 Å². The number of hydrogen-bond acceptors (Lipinski definition) is 4. The standard InChI is InChI=1S/C18H16Cl2N2O4/c1-10-7-12(19)4-6-14(10)21-16(23)9-17(24)22-15-8-11(18(25)26-2)3-5-13(15)20/h3-8H,9H2,1-2H3,(H,21,23)(H,22,24). The Morgan fingerprint density at radius 3 is 2.23 bits per heavy atom. The zero-order valence-electron chi connectivity index (χ0n) is 14.1. The van der Waals surface area contributed by atoms with E-state index in [-0.39, 0.29) is 16.3 Å². The van der Waals surface area contributed by atoms with Gasteiger partial charge >= 0.3 is 5.97 Å². The van der Waals surface area contributed by atoms with Crippen LogP contribution in [0.2, 0.25) is 10.0 Å². The number of carbonyl (C=O) groups excluding carboxylic acids is 3. The lowest BCUT2D eigenvalue weighted by Crippen LogP contribution is -2.22. The average molecular weight is 395 g/mol. The van der Waals surface area contributed by atoms with Crippen molar-refractivity contribution in [3.8, 4) is 0 Å². The number of aryl methyl sites for hydroxylation is 1. The van der Waals surface area contributed by atoms with Crippen molar-refractivity contribution in [2.45, 2.75) is 13.3 Å². The summed E-state index contributed by atoms with van der Waals surface area (Å²) in [5.74, 6) is -1.63. The zero-order valence-corrected chi connectivity index (χ0v) is 15.6. The molecule has 6 nitrogen and oxygen atoms in total. The van der Waals surface area contributed by atoms with E-state index in [1.807, 2.05) is 0 Å². The summed E-state index contributed by atoms with van der Waals surface area (Å²) in [5, 5.41) is 5.94. The molecular weight excluding hydrogens is 379 g/mol. The largest absolute Gasteiger partial charge is 0.465 e. The molecule has 0 radical (unpaired) electrons. The smallest absolute Gasteiger partial charge is 0.337 e. The second kappa shape index (κ2) is 8.69. The van der Waals surface area contributed by atoms with Crippen LogP contribution < -0.4 is 10.6 Å². The number of halogens is 2. The molecule has 0 aliphatic heterocycles. The monoisotopic (exact) mass is 394 g/mol. The number of ether oxygens (including phenoxy) is 1. The van der Waals surface area contributed by atoms with E-state index in [0.29, 0.717) is 10.7 Å². The van der Waals surface area contributed by atoms with Gasteiger partial charge in [-0.2, -0.15) is 0 Å². The summed E-state index contributed by atoms with van der Waals surface area (Å²) in [7, 11) is 1.25. The molecule has 2 N–H and O–H groups in total. The van der Waals surface area contributed by atoms with Crippen LogP contribution in [0.1, 0.15) is 22.3 Å². The van der Waals surface area contributed by atoms with Crippen LogP contribution in [0.5, 0.6) is 0 Å². The third kappa shape index (κ3) is 5.21. The number of rotatable bonds is 5. The van der Waals surface area contributed by atoms with Gasteiger partial charge in [-0.05, 0) is 48.9 Å². The van der Waals surface area contributed by atoms with E-state index in [2.05, 4.69) is 15.4 Å². The van der Waals surface area contributed by atoms with Gasteiger partial charge in [0, 0.05) is 10.7 Å². The maximum atomic E-state index is 12.1. The summed E-state index contributed by atoms with van der Waals surface area (Å²) in [4.78, 5) is 35.7. The van der Waals surface area contributed by atoms with Crippen LogP contribution in [0, 0.1) is 6.92 Å². The molecule has 2 aromatic carbocycles. The van der Waals surface area contributed by atoms with Gasteiger partial charge in [0.15, 0.2) is 0 Å². The molecule has 8 heteroatoms. The van der Waals surface area contributed by atoms with E-state index in [9.17, 15) is 14.4 Å². The minimum absolute atomic E-state index is 0.218. The SMILES string of the molecule is COC(=O)c1ccc(Cl)c(NC(=O)CC(=O)Nc2ccc(Cl)cc2C)c1. The van der Waals surface area contributed by atoms with E-state index in [4.69, 9.17) is 23.2 Å². The Morgan fingerprint density at radius 2 is 1.62 bits per heavy atom. The van der Waals surface area contributed by atoms with Crippen molar-refractivity contribution in [1.29, 1.82) is 0 Å². The van der Waals surface area contributed by atoms with Crippen LogP contribution in [0.4, 0.5) is 11.4 Å². The lowest BCUT2D eigenvalue weighted by Gasteiger charge is -2.10. The minimum atomic E-state index is -0.571. The third-order valence-corrected chi connectivity index (χ3v) is 4.01. The average Bonchev–Trinajstić information content (AvgIpc) is 2.58. The number of hydrogen-bond donors (Lipinski definition) is 2. The Kier molecular flexibility index (Phi) is 6.60. The van der Waals surface area contributed by atoms with Gasteiger partial charge in [-0.1, -0.05) is 23.2 Å². The van der Waals surface area contributed by atoms with Crippen molar-refractivity contribution in [3.05, 3.63) is 57.6 Å². The van der Waals surface area contributed by atoms with E-state index >= 15 is 0 Å². The highest BCUT2D eigenvalue weighted by Gasteiger charge is 2.14. The number of carbonyl (C=O) groups is 3. The fraction of sp³-hybridized carbons (Fsp3) is 0.167. The Hall–Kier alpha value is -2.57. The maximum Gasteiger partial charge on any atom is 0.337 e. The van der Waals surface area contributed by atoms with E-state index in [0.717, 1.165) is 5.56 Å². The van der Waals surface area contributed by atoms with Gasteiger partial charge in [0.2, 0.25) is 11.8 Å². The molecular formula is C18H16Cl2N2O4. The lowest BCUT2D eigenvalue weighted by atomic mass is 10.2. The Labute approximate surface area is 160 Å². The number of benzene rings is 2. The molecule has 0 spiro atoms. The molecule has 2 amide bonds. The van der Waals surface area contributed by atoms with Gasteiger partial charge in [-0.25, -0.2) is 4.79 Å². The molecule has 0 aliphatic carbocycles. The van der Waals surface area contributed by atoms with Gasteiger partial charge in [0.05, 0.1) is 23.4 Å². The fourth-order valence-electron chi connectivity index (χ4n) is 2.17. The predicted molar refractivity (Wildman–Crippen MR) is 101 cm³/mol. The summed E-state index contributed by atoms with van der Waals surface area (Å²) in [6.45, 7) is 1.79. The number of nitrogens with one attached hydrogen (secondary N) is 2. The number of methoxy groups -OCH3 is 1. The molecule has 2 aromatic rings. The molecule has 26 heavy (non-hydrogen) atoms. The summed E-state index contributed by atoms with van der Waals surface area (Å²) in [6.07, 6.45) is -0.416. The molecule has 136 valence electrons. The summed E-state index contributed by atoms with van der Waals surface area (Å²) < 4.78 is 4.62.